The largest absolute Gasteiger partial charge is 0.456 e. The molecule has 198 valence electrons. The molecule has 0 radical (unpaired) electrons. The normalized spacial score (nSPS) is 11.7. The standard InChI is InChI=1S/C38H19N3O2/c39-20-22-10-14-34-29(17-22)30-19-24(11-15-35(30)42-34)25-12-9-23(21-40)18-32(25)41-31-7-3-1-5-26(31)27-13-16-36-37(38(27)41)28-6-2-4-8-33(28)43-36/h1-19H. The van der Waals surface area contributed by atoms with E-state index >= 15 is 0 Å². The minimum absolute atomic E-state index is 0.572. The van der Waals surface area contributed by atoms with E-state index in [2.05, 4.69) is 65.2 Å². The molecular formula is C38H19N3O2. The Balaban J connectivity index is 1.42. The van der Waals surface area contributed by atoms with Crippen LogP contribution in [0, 0.1) is 22.7 Å². The zero-order valence-corrected chi connectivity index (χ0v) is 22.6. The molecule has 0 aliphatic carbocycles. The van der Waals surface area contributed by atoms with Gasteiger partial charge in [-0.2, -0.15) is 10.5 Å². The minimum atomic E-state index is 0.572. The number of fused-ring (bicyclic) bond motifs is 10. The zero-order chi connectivity index (χ0) is 28.7. The van der Waals surface area contributed by atoms with Crippen molar-refractivity contribution in [2.45, 2.75) is 0 Å². The third kappa shape index (κ3) is 3.25. The molecule has 0 aliphatic rings. The maximum absolute atomic E-state index is 10.00. The summed E-state index contributed by atoms with van der Waals surface area (Å²) in [6.07, 6.45) is 0. The number of rotatable bonds is 2. The maximum Gasteiger partial charge on any atom is 0.137 e. The van der Waals surface area contributed by atoms with Crippen molar-refractivity contribution in [3.8, 4) is 29.0 Å². The van der Waals surface area contributed by atoms with E-state index in [4.69, 9.17) is 8.83 Å². The predicted molar refractivity (Wildman–Crippen MR) is 170 cm³/mol. The average Bonchev–Trinajstić information content (AvgIpc) is 3.73. The van der Waals surface area contributed by atoms with Gasteiger partial charge in [0.1, 0.15) is 22.3 Å². The van der Waals surface area contributed by atoms with Gasteiger partial charge in [0.25, 0.3) is 0 Å². The fourth-order valence-corrected chi connectivity index (χ4v) is 6.56. The molecule has 0 atom stereocenters. The molecule has 0 bridgehead atoms. The number of hydrogen-bond acceptors (Lipinski definition) is 4. The number of furan rings is 2. The fraction of sp³-hybridized carbons (Fsp3) is 0. The van der Waals surface area contributed by atoms with E-state index < -0.39 is 0 Å². The van der Waals surface area contributed by atoms with Gasteiger partial charge in [-0.1, -0.05) is 48.5 Å². The Morgan fingerprint density at radius 1 is 0.512 bits per heavy atom. The van der Waals surface area contributed by atoms with Crippen molar-refractivity contribution in [3.63, 3.8) is 0 Å². The lowest BCUT2D eigenvalue weighted by Crippen LogP contribution is -1.98. The molecule has 9 rings (SSSR count). The van der Waals surface area contributed by atoms with Crippen LogP contribution in [-0.4, -0.2) is 4.57 Å². The van der Waals surface area contributed by atoms with Gasteiger partial charge in [0, 0.05) is 32.5 Å². The predicted octanol–water partition coefficient (Wildman–Crippen LogP) is 9.99. The molecule has 3 aromatic heterocycles. The summed E-state index contributed by atoms with van der Waals surface area (Å²) in [6, 6.07) is 42.8. The summed E-state index contributed by atoms with van der Waals surface area (Å²) in [7, 11) is 0. The van der Waals surface area contributed by atoms with Crippen LogP contribution in [0.3, 0.4) is 0 Å². The molecule has 0 aliphatic heterocycles. The van der Waals surface area contributed by atoms with Crippen LogP contribution in [0.1, 0.15) is 11.1 Å². The molecule has 5 heteroatoms. The smallest absolute Gasteiger partial charge is 0.137 e. The molecule has 0 spiro atoms. The maximum atomic E-state index is 10.00. The van der Waals surface area contributed by atoms with Crippen molar-refractivity contribution in [2.24, 2.45) is 0 Å². The summed E-state index contributed by atoms with van der Waals surface area (Å²) in [6.45, 7) is 0. The molecule has 6 aromatic carbocycles. The van der Waals surface area contributed by atoms with E-state index in [-0.39, 0.29) is 0 Å². The van der Waals surface area contributed by atoms with Gasteiger partial charge in [-0.15, -0.1) is 0 Å². The van der Waals surface area contributed by atoms with Crippen LogP contribution in [0.25, 0.3) is 82.5 Å². The van der Waals surface area contributed by atoms with E-state index in [9.17, 15) is 10.5 Å². The van der Waals surface area contributed by atoms with E-state index in [1.54, 1.807) is 6.07 Å². The average molecular weight is 550 g/mol. The van der Waals surface area contributed by atoms with E-state index in [0.717, 1.165) is 82.5 Å². The Morgan fingerprint density at radius 3 is 2.02 bits per heavy atom. The molecule has 43 heavy (non-hydrogen) atoms. The molecule has 0 unspecified atom stereocenters. The van der Waals surface area contributed by atoms with Crippen molar-refractivity contribution < 1.29 is 8.83 Å². The van der Waals surface area contributed by atoms with E-state index in [0.29, 0.717) is 11.1 Å². The summed E-state index contributed by atoms with van der Waals surface area (Å²) in [5.74, 6) is 0. The Labute approximate surface area is 244 Å². The Hall–Kier alpha value is -6.30. The second-order valence-electron chi connectivity index (χ2n) is 10.8. The lowest BCUT2D eigenvalue weighted by Gasteiger charge is -2.15. The fourth-order valence-electron chi connectivity index (χ4n) is 6.56. The summed E-state index contributed by atoms with van der Waals surface area (Å²) < 4.78 is 14.7. The molecule has 0 N–H and O–H groups in total. The molecule has 3 heterocycles. The molecule has 0 amide bonds. The van der Waals surface area contributed by atoms with Crippen LogP contribution < -0.4 is 0 Å². The molecular weight excluding hydrogens is 530 g/mol. The van der Waals surface area contributed by atoms with Crippen LogP contribution in [0.4, 0.5) is 0 Å². The highest BCUT2D eigenvalue weighted by molar-refractivity contribution is 6.24. The first-order valence-corrected chi connectivity index (χ1v) is 14.0. The number of aromatic nitrogens is 1. The quantitative estimate of drug-likeness (QED) is 0.215. The summed E-state index contributed by atoms with van der Waals surface area (Å²) in [5, 5.41) is 25.7. The van der Waals surface area contributed by atoms with Gasteiger partial charge in [0.2, 0.25) is 0 Å². The number of benzene rings is 6. The molecule has 9 aromatic rings. The van der Waals surface area contributed by atoms with Gasteiger partial charge in [0.15, 0.2) is 0 Å². The molecule has 0 saturated heterocycles. The van der Waals surface area contributed by atoms with Crippen molar-refractivity contribution in [2.75, 3.05) is 0 Å². The van der Waals surface area contributed by atoms with Crippen molar-refractivity contribution in [1.82, 2.24) is 4.57 Å². The van der Waals surface area contributed by atoms with Gasteiger partial charge in [-0.25, -0.2) is 0 Å². The minimum Gasteiger partial charge on any atom is -0.456 e. The lowest BCUT2D eigenvalue weighted by atomic mass is 9.99. The van der Waals surface area contributed by atoms with Gasteiger partial charge in [0.05, 0.1) is 45.4 Å². The van der Waals surface area contributed by atoms with Crippen molar-refractivity contribution in [3.05, 3.63) is 126 Å². The Morgan fingerprint density at radius 2 is 1.16 bits per heavy atom. The van der Waals surface area contributed by atoms with Gasteiger partial charge in [-0.3, -0.25) is 0 Å². The Kier molecular flexibility index (Phi) is 4.68. The first-order chi connectivity index (χ1) is 21.2. The lowest BCUT2D eigenvalue weighted by molar-refractivity contribution is 0.668. The number of hydrogen-bond donors (Lipinski definition) is 0. The molecule has 5 nitrogen and oxygen atoms in total. The zero-order valence-electron chi connectivity index (χ0n) is 22.6. The summed E-state index contributed by atoms with van der Waals surface area (Å²) in [4.78, 5) is 0. The first-order valence-electron chi connectivity index (χ1n) is 14.0. The van der Waals surface area contributed by atoms with Crippen molar-refractivity contribution in [1.29, 1.82) is 10.5 Å². The van der Waals surface area contributed by atoms with Gasteiger partial charge < -0.3 is 13.4 Å². The number of nitriles is 2. The van der Waals surface area contributed by atoms with Gasteiger partial charge in [-0.05, 0) is 72.3 Å². The van der Waals surface area contributed by atoms with Crippen molar-refractivity contribution >= 4 is 65.7 Å². The van der Waals surface area contributed by atoms with Crippen LogP contribution in [-0.2, 0) is 0 Å². The first kappa shape index (κ1) is 23.4. The molecule has 0 fully saturated rings. The monoisotopic (exact) mass is 549 g/mol. The van der Waals surface area contributed by atoms with E-state index in [1.807, 2.05) is 60.7 Å². The van der Waals surface area contributed by atoms with Crippen LogP contribution >= 0.6 is 0 Å². The van der Waals surface area contributed by atoms with Crippen LogP contribution in [0.5, 0.6) is 0 Å². The number of nitrogens with zero attached hydrogens (tertiary/aromatic N) is 3. The highest BCUT2D eigenvalue weighted by atomic mass is 16.3. The highest BCUT2D eigenvalue weighted by Gasteiger charge is 2.21. The SMILES string of the molecule is N#Cc1ccc(-c2ccc3oc4ccc(C#N)cc4c3c2)c(-n2c3ccccc3c3ccc4oc5ccccc5c4c32)c1. The highest BCUT2D eigenvalue weighted by Crippen LogP contribution is 2.43. The van der Waals surface area contributed by atoms with Gasteiger partial charge >= 0.3 is 0 Å². The third-order valence-corrected chi connectivity index (χ3v) is 8.45. The van der Waals surface area contributed by atoms with Crippen LogP contribution in [0.2, 0.25) is 0 Å². The second kappa shape index (κ2) is 8.60. The summed E-state index contributed by atoms with van der Waals surface area (Å²) in [5.41, 5.74) is 9.23. The summed E-state index contributed by atoms with van der Waals surface area (Å²) >= 11 is 0. The Bertz CT molecular complexity index is 2710. The van der Waals surface area contributed by atoms with E-state index in [1.165, 1.54) is 0 Å². The third-order valence-electron chi connectivity index (χ3n) is 8.45. The van der Waals surface area contributed by atoms with Crippen LogP contribution in [0.15, 0.2) is 124 Å². The number of para-hydroxylation sites is 2. The topological polar surface area (TPSA) is 78.8 Å². The second-order valence-corrected chi connectivity index (χ2v) is 10.8. The molecule has 0 saturated carbocycles.